The summed E-state index contributed by atoms with van der Waals surface area (Å²) in [5, 5.41) is 2.97. The van der Waals surface area contributed by atoms with E-state index in [9.17, 15) is 4.79 Å². The molecular weight excluding hydrogens is 238 g/mol. The molecule has 2 aliphatic rings. The minimum absolute atomic E-state index is 0.127. The maximum Gasteiger partial charge on any atom is 0.317 e. The highest BCUT2D eigenvalue weighted by Crippen LogP contribution is 2.22. The Balaban J connectivity index is 1.73. The van der Waals surface area contributed by atoms with Gasteiger partial charge in [0.15, 0.2) is 0 Å². The highest BCUT2D eigenvalue weighted by molar-refractivity contribution is 5.74. The highest BCUT2D eigenvalue weighted by Gasteiger charge is 2.26. The van der Waals surface area contributed by atoms with E-state index >= 15 is 0 Å². The van der Waals surface area contributed by atoms with Crippen molar-refractivity contribution < 1.29 is 4.79 Å². The minimum Gasteiger partial charge on any atom is -0.338 e. The van der Waals surface area contributed by atoms with Crippen molar-refractivity contribution >= 4 is 6.03 Å². The molecule has 2 amide bonds. The molecule has 0 bridgehead atoms. The maximum absolute atomic E-state index is 11.9. The van der Waals surface area contributed by atoms with Crippen LogP contribution in [0.4, 0.5) is 4.79 Å². The van der Waals surface area contributed by atoms with E-state index in [1.54, 1.807) is 0 Å². The van der Waals surface area contributed by atoms with Gasteiger partial charge in [-0.1, -0.05) is 32.6 Å². The largest absolute Gasteiger partial charge is 0.338 e. The molecule has 0 radical (unpaired) electrons. The van der Waals surface area contributed by atoms with E-state index in [2.05, 4.69) is 17.1 Å². The van der Waals surface area contributed by atoms with Gasteiger partial charge < -0.3 is 10.2 Å². The molecule has 19 heavy (non-hydrogen) atoms. The Morgan fingerprint density at radius 3 is 2.26 bits per heavy atom. The molecule has 2 rings (SSSR count). The van der Waals surface area contributed by atoms with Crippen molar-refractivity contribution in [2.45, 2.75) is 57.9 Å². The first-order valence-corrected chi connectivity index (χ1v) is 8.08. The average Bonchev–Trinajstić information content (AvgIpc) is 2.74. The Morgan fingerprint density at radius 2 is 1.68 bits per heavy atom. The molecule has 1 aliphatic carbocycles. The van der Waals surface area contributed by atoms with E-state index in [-0.39, 0.29) is 6.03 Å². The molecule has 0 aromatic heterocycles. The van der Waals surface area contributed by atoms with Crippen molar-refractivity contribution in [1.29, 1.82) is 0 Å². The standard InChI is InChI=1S/C15H29N3O/c1-2-9-16-15(19)18-12-10-17(11-13-18)14-7-5-3-4-6-8-14/h14H,2-13H2,1H3,(H,16,19). The summed E-state index contributed by atoms with van der Waals surface area (Å²) in [5.74, 6) is 0. The van der Waals surface area contributed by atoms with Gasteiger partial charge in [0.25, 0.3) is 0 Å². The lowest BCUT2D eigenvalue weighted by Gasteiger charge is -2.39. The van der Waals surface area contributed by atoms with Gasteiger partial charge in [-0.05, 0) is 19.3 Å². The second-order valence-corrected chi connectivity index (χ2v) is 5.90. The van der Waals surface area contributed by atoms with Crippen LogP contribution in [-0.2, 0) is 0 Å². The molecule has 0 aromatic rings. The fourth-order valence-electron chi connectivity index (χ4n) is 3.26. The van der Waals surface area contributed by atoms with Crippen LogP contribution in [0.3, 0.4) is 0 Å². The van der Waals surface area contributed by atoms with Gasteiger partial charge in [0.2, 0.25) is 0 Å². The zero-order valence-electron chi connectivity index (χ0n) is 12.4. The van der Waals surface area contributed by atoms with Gasteiger partial charge in [-0.3, -0.25) is 4.90 Å². The number of carbonyl (C=O) groups excluding carboxylic acids is 1. The number of nitrogens with one attached hydrogen (secondary N) is 1. The monoisotopic (exact) mass is 267 g/mol. The summed E-state index contributed by atoms with van der Waals surface area (Å²) in [6, 6.07) is 0.908. The van der Waals surface area contributed by atoms with Crippen molar-refractivity contribution in [3.05, 3.63) is 0 Å². The van der Waals surface area contributed by atoms with Crippen LogP contribution in [0.15, 0.2) is 0 Å². The van der Waals surface area contributed by atoms with Gasteiger partial charge in [-0.15, -0.1) is 0 Å². The summed E-state index contributed by atoms with van der Waals surface area (Å²) in [6.45, 7) is 6.79. The van der Waals surface area contributed by atoms with E-state index < -0.39 is 0 Å². The Kier molecular flexibility index (Phi) is 5.95. The minimum atomic E-state index is 0.127. The van der Waals surface area contributed by atoms with Gasteiger partial charge in [0.05, 0.1) is 0 Å². The van der Waals surface area contributed by atoms with Crippen LogP contribution in [0, 0.1) is 0 Å². The van der Waals surface area contributed by atoms with Crippen molar-refractivity contribution in [3.8, 4) is 0 Å². The molecular formula is C15H29N3O. The molecule has 1 aliphatic heterocycles. The van der Waals surface area contributed by atoms with Gasteiger partial charge >= 0.3 is 6.03 Å². The zero-order valence-corrected chi connectivity index (χ0v) is 12.4. The molecule has 0 unspecified atom stereocenters. The summed E-state index contributed by atoms with van der Waals surface area (Å²) >= 11 is 0. The lowest BCUT2D eigenvalue weighted by atomic mass is 10.1. The second kappa shape index (κ2) is 7.73. The van der Waals surface area contributed by atoms with E-state index in [0.717, 1.165) is 45.2 Å². The fraction of sp³-hybridized carbons (Fsp3) is 0.933. The summed E-state index contributed by atoms with van der Waals surface area (Å²) in [6.07, 6.45) is 9.34. The molecule has 0 atom stereocenters. The number of piperazine rings is 1. The Hall–Kier alpha value is -0.770. The topological polar surface area (TPSA) is 35.6 Å². The van der Waals surface area contributed by atoms with Crippen LogP contribution in [0.5, 0.6) is 0 Å². The molecule has 1 saturated carbocycles. The fourth-order valence-corrected chi connectivity index (χ4v) is 3.26. The third-order valence-electron chi connectivity index (χ3n) is 4.47. The second-order valence-electron chi connectivity index (χ2n) is 5.90. The van der Waals surface area contributed by atoms with Crippen molar-refractivity contribution in [2.24, 2.45) is 0 Å². The highest BCUT2D eigenvalue weighted by atomic mass is 16.2. The molecule has 4 heteroatoms. The summed E-state index contributed by atoms with van der Waals surface area (Å²) in [4.78, 5) is 16.5. The quantitative estimate of drug-likeness (QED) is 0.797. The normalized spacial score (nSPS) is 23.1. The van der Waals surface area contributed by atoms with Gasteiger partial charge in [-0.2, -0.15) is 0 Å². The number of amides is 2. The first kappa shape index (κ1) is 14.6. The summed E-state index contributed by atoms with van der Waals surface area (Å²) < 4.78 is 0. The molecule has 0 aromatic carbocycles. The van der Waals surface area contributed by atoms with Crippen molar-refractivity contribution in [3.63, 3.8) is 0 Å². The van der Waals surface area contributed by atoms with Crippen LogP contribution in [0.25, 0.3) is 0 Å². The van der Waals surface area contributed by atoms with E-state index in [4.69, 9.17) is 0 Å². The molecule has 1 N–H and O–H groups in total. The zero-order chi connectivity index (χ0) is 13.5. The van der Waals surface area contributed by atoms with E-state index in [0.29, 0.717) is 0 Å². The van der Waals surface area contributed by atoms with Crippen LogP contribution in [0.1, 0.15) is 51.9 Å². The first-order valence-electron chi connectivity index (χ1n) is 8.08. The summed E-state index contributed by atoms with van der Waals surface area (Å²) in [5.41, 5.74) is 0. The lowest BCUT2D eigenvalue weighted by Crippen LogP contribution is -2.54. The lowest BCUT2D eigenvalue weighted by molar-refractivity contribution is 0.101. The van der Waals surface area contributed by atoms with Crippen LogP contribution in [-0.4, -0.2) is 54.6 Å². The predicted molar refractivity (Wildman–Crippen MR) is 78.3 cm³/mol. The number of carbonyl (C=O) groups is 1. The van der Waals surface area contributed by atoms with E-state index in [1.165, 1.54) is 38.5 Å². The number of hydrogen-bond donors (Lipinski definition) is 1. The Labute approximate surface area is 117 Å². The molecule has 1 saturated heterocycles. The first-order chi connectivity index (χ1) is 9.31. The predicted octanol–water partition coefficient (Wildman–Crippen LogP) is 2.45. The number of nitrogens with zero attached hydrogens (tertiary/aromatic N) is 2. The van der Waals surface area contributed by atoms with Crippen LogP contribution in [0.2, 0.25) is 0 Å². The van der Waals surface area contributed by atoms with Crippen molar-refractivity contribution in [1.82, 2.24) is 15.1 Å². The molecule has 1 heterocycles. The summed E-state index contributed by atoms with van der Waals surface area (Å²) in [7, 11) is 0. The average molecular weight is 267 g/mol. The molecule has 2 fully saturated rings. The van der Waals surface area contributed by atoms with Crippen molar-refractivity contribution in [2.75, 3.05) is 32.7 Å². The maximum atomic E-state index is 11.9. The van der Waals surface area contributed by atoms with E-state index in [1.807, 2.05) is 4.90 Å². The SMILES string of the molecule is CCCNC(=O)N1CCN(C2CCCCCC2)CC1. The van der Waals surface area contributed by atoms with Gasteiger partial charge in [0.1, 0.15) is 0 Å². The smallest absolute Gasteiger partial charge is 0.317 e. The van der Waals surface area contributed by atoms with Crippen LogP contribution < -0.4 is 5.32 Å². The van der Waals surface area contributed by atoms with Gasteiger partial charge in [0, 0.05) is 38.8 Å². The molecule has 110 valence electrons. The third-order valence-corrected chi connectivity index (χ3v) is 4.47. The Morgan fingerprint density at radius 1 is 1.05 bits per heavy atom. The Bertz CT molecular complexity index is 267. The number of urea groups is 1. The number of hydrogen-bond acceptors (Lipinski definition) is 2. The molecule has 0 spiro atoms. The van der Waals surface area contributed by atoms with Crippen LogP contribution >= 0.6 is 0 Å². The van der Waals surface area contributed by atoms with Gasteiger partial charge in [-0.25, -0.2) is 4.79 Å². The third kappa shape index (κ3) is 4.37. The number of rotatable bonds is 3. The molecule has 4 nitrogen and oxygen atoms in total.